The van der Waals surface area contributed by atoms with Gasteiger partial charge in [-0.15, -0.1) is 0 Å². The Morgan fingerprint density at radius 1 is 1.00 bits per heavy atom. The normalized spacial score (nSPS) is 13.0. The van der Waals surface area contributed by atoms with Crippen LogP contribution in [0.5, 0.6) is 0 Å². The lowest BCUT2D eigenvalue weighted by atomic mass is 10.0. The molecule has 0 radical (unpaired) electrons. The van der Waals surface area contributed by atoms with Crippen molar-refractivity contribution < 1.29 is 9.59 Å². The number of anilines is 1. The fourth-order valence-electron chi connectivity index (χ4n) is 2.11. The molecule has 3 heteroatoms. The van der Waals surface area contributed by atoms with Crippen LogP contribution in [-0.2, 0) is 11.2 Å². The summed E-state index contributed by atoms with van der Waals surface area (Å²) in [6.07, 6.45) is 0.398. The summed E-state index contributed by atoms with van der Waals surface area (Å²) >= 11 is 0. The van der Waals surface area contributed by atoms with E-state index in [-0.39, 0.29) is 11.7 Å². The number of carbonyl (C=O) groups excluding carboxylic acids is 2. The number of benzene rings is 2. The first-order valence-corrected chi connectivity index (χ1v) is 5.76. The second kappa shape index (κ2) is 4.11. The first-order chi connectivity index (χ1) is 8.74. The van der Waals surface area contributed by atoms with E-state index in [0.717, 1.165) is 11.3 Å². The second-order valence-corrected chi connectivity index (χ2v) is 4.29. The first-order valence-electron chi connectivity index (χ1n) is 5.76. The summed E-state index contributed by atoms with van der Waals surface area (Å²) in [5, 5.41) is 2.75. The van der Waals surface area contributed by atoms with E-state index in [9.17, 15) is 9.59 Å². The molecule has 0 bridgehead atoms. The Balaban J connectivity index is 1.97. The zero-order valence-corrected chi connectivity index (χ0v) is 9.64. The Morgan fingerprint density at radius 2 is 1.78 bits per heavy atom. The molecule has 0 saturated heterocycles. The molecule has 0 atom stereocenters. The largest absolute Gasteiger partial charge is 0.326 e. The van der Waals surface area contributed by atoms with Gasteiger partial charge in [0.05, 0.1) is 6.42 Å². The van der Waals surface area contributed by atoms with Gasteiger partial charge in [-0.25, -0.2) is 0 Å². The molecule has 0 spiro atoms. The van der Waals surface area contributed by atoms with Gasteiger partial charge in [-0.05, 0) is 11.6 Å². The van der Waals surface area contributed by atoms with Crippen LogP contribution in [0.3, 0.4) is 0 Å². The smallest absolute Gasteiger partial charge is 0.228 e. The molecule has 1 amide bonds. The van der Waals surface area contributed by atoms with Crippen LogP contribution in [0.2, 0.25) is 0 Å². The number of rotatable bonds is 2. The number of nitrogens with one attached hydrogen (secondary N) is 1. The van der Waals surface area contributed by atoms with Gasteiger partial charge in [-0.1, -0.05) is 42.5 Å². The summed E-state index contributed by atoms with van der Waals surface area (Å²) in [4.78, 5) is 23.5. The molecule has 0 saturated carbocycles. The lowest BCUT2D eigenvalue weighted by Gasteiger charge is -2.04. The SMILES string of the molecule is O=C1Cc2ccc(C(=O)c3ccccc3)cc2N1. The molecule has 1 heterocycles. The van der Waals surface area contributed by atoms with Crippen molar-refractivity contribution in [3.8, 4) is 0 Å². The monoisotopic (exact) mass is 237 g/mol. The summed E-state index contributed by atoms with van der Waals surface area (Å²) in [6.45, 7) is 0. The highest BCUT2D eigenvalue weighted by atomic mass is 16.1. The van der Waals surface area contributed by atoms with E-state index >= 15 is 0 Å². The van der Waals surface area contributed by atoms with Crippen molar-refractivity contribution in [2.45, 2.75) is 6.42 Å². The van der Waals surface area contributed by atoms with Crippen LogP contribution >= 0.6 is 0 Å². The number of hydrogen-bond donors (Lipinski definition) is 1. The maximum atomic E-state index is 12.2. The molecule has 1 aliphatic rings. The molecule has 2 aromatic carbocycles. The fraction of sp³-hybridized carbons (Fsp3) is 0.0667. The summed E-state index contributed by atoms with van der Waals surface area (Å²) in [6, 6.07) is 14.5. The third kappa shape index (κ3) is 1.80. The lowest BCUT2D eigenvalue weighted by Crippen LogP contribution is -2.04. The van der Waals surface area contributed by atoms with E-state index in [0.29, 0.717) is 17.5 Å². The van der Waals surface area contributed by atoms with Crippen molar-refractivity contribution in [3.05, 3.63) is 65.2 Å². The van der Waals surface area contributed by atoms with Crippen molar-refractivity contribution in [2.24, 2.45) is 0 Å². The Hall–Kier alpha value is -2.42. The number of hydrogen-bond acceptors (Lipinski definition) is 2. The maximum Gasteiger partial charge on any atom is 0.228 e. The van der Waals surface area contributed by atoms with Crippen LogP contribution in [0.15, 0.2) is 48.5 Å². The van der Waals surface area contributed by atoms with Crippen LogP contribution in [-0.4, -0.2) is 11.7 Å². The van der Waals surface area contributed by atoms with Crippen LogP contribution in [0.25, 0.3) is 0 Å². The summed E-state index contributed by atoms with van der Waals surface area (Å²) in [5.74, 6) is -0.0474. The van der Waals surface area contributed by atoms with E-state index in [1.165, 1.54) is 0 Å². The van der Waals surface area contributed by atoms with Crippen molar-refractivity contribution >= 4 is 17.4 Å². The number of carbonyl (C=O) groups is 2. The number of amides is 1. The van der Waals surface area contributed by atoms with Gasteiger partial charge in [0.15, 0.2) is 5.78 Å². The zero-order valence-electron chi connectivity index (χ0n) is 9.64. The van der Waals surface area contributed by atoms with Gasteiger partial charge in [-0.2, -0.15) is 0 Å². The third-order valence-corrected chi connectivity index (χ3v) is 3.03. The molecule has 88 valence electrons. The van der Waals surface area contributed by atoms with Gasteiger partial charge >= 0.3 is 0 Å². The van der Waals surface area contributed by atoms with Gasteiger partial charge in [0.2, 0.25) is 5.91 Å². The van der Waals surface area contributed by atoms with Crippen LogP contribution < -0.4 is 5.32 Å². The quantitative estimate of drug-likeness (QED) is 0.815. The fourth-order valence-corrected chi connectivity index (χ4v) is 2.11. The zero-order chi connectivity index (χ0) is 12.5. The van der Waals surface area contributed by atoms with Crippen molar-refractivity contribution in [2.75, 3.05) is 5.32 Å². The summed E-state index contributed by atoms with van der Waals surface area (Å²) in [5.41, 5.74) is 2.95. The van der Waals surface area contributed by atoms with Gasteiger partial charge in [0, 0.05) is 16.8 Å². The van der Waals surface area contributed by atoms with Crippen LogP contribution in [0.4, 0.5) is 5.69 Å². The minimum atomic E-state index is -0.0282. The molecule has 3 rings (SSSR count). The van der Waals surface area contributed by atoms with E-state index in [1.54, 1.807) is 24.3 Å². The number of fused-ring (bicyclic) bond motifs is 1. The highest BCUT2D eigenvalue weighted by Gasteiger charge is 2.19. The Kier molecular flexibility index (Phi) is 2.45. The van der Waals surface area contributed by atoms with E-state index < -0.39 is 0 Å². The topological polar surface area (TPSA) is 46.2 Å². The Morgan fingerprint density at radius 3 is 2.56 bits per heavy atom. The van der Waals surface area contributed by atoms with Crippen LogP contribution in [0, 0.1) is 0 Å². The average molecular weight is 237 g/mol. The molecule has 0 unspecified atom stereocenters. The molecule has 0 aliphatic carbocycles. The Labute approximate surface area is 104 Å². The standard InChI is InChI=1S/C15H11NO2/c17-14-9-11-6-7-12(8-13(11)16-14)15(18)10-4-2-1-3-5-10/h1-8H,9H2,(H,16,17). The minimum Gasteiger partial charge on any atom is -0.326 e. The maximum absolute atomic E-state index is 12.2. The van der Waals surface area contributed by atoms with Gasteiger partial charge in [-0.3, -0.25) is 9.59 Å². The summed E-state index contributed by atoms with van der Waals surface area (Å²) < 4.78 is 0. The van der Waals surface area contributed by atoms with Gasteiger partial charge in [0.1, 0.15) is 0 Å². The first kappa shape index (κ1) is 10.7. The molecule has 2 aromatic rings. The predicted octanol–water partition coefficient (Wildman–Crippen LogP) is 2.41. The number of ketones is 1. The van der Waals surface area contributed by atoms with E-state index in [2.05, 4.69) is 5.32 Å². The molecular weight excluding hydrogens is 226 g/mol. The van der Waals surface area contributed by atoms with Crippen molar-refractivity contribution in [1.29, 1.82) is 0 Å². The molecular formula is C15H11NO2. The lowest BCUT2D eigenvalue weighted by molar-refractivity contribution is -0.115. The van der Waals surface area contributed by atoms with Crippen LogP contribution in [0.1, 0.15) is 21.5 Å². The van der Waals surface area contributed by atoms with Crippen molar-refractivity contribution in [1.82, 2.24) is 0 Å². The molecule has 1 aliphatic heterocycles. The minimum absolute atomic E-state index is 0.0192. The molecule has 18 heavy (non-hydrogen) atoms. The van der Waals surface area contributed by atoms with Gasteiger partial charge in [0.25, 0.3) is 0 Å². The van der Waals surface area contributed by atoms with E-state index in [4.69, 9.17) is 0 Å². The highest BCUT2D eigenvalue weighted by molar-refractivity contribution is 6.10. The molecule has 3 nitrogen and oxygen atoms in total. The van der Waals surface area contributed by atoms with E-state index in [1.807, 2.05) is 24.3 Å². The molecule has 1 N–H and O–H groups in total. The Bertz CT molecular complexity index is 632. The van der Waals surface area contributed by atoms with Gasteiger partial charge < -0.3 is 5.32 Å². The third-order valence-electron chi connectivity index (χ3n) is 3.03. The molecule has 0 fully saturated rings. The summed E-state index contributed by atoms with van der Waals surface area (Å²) in [7, 11) is 0. The molecule has 0 aromatic heterocycles. The average Bonchev–Trinajstić information content (AvgIpc) is 2.78. The highest BCUT2D eigenvalue weighted by Crippen LogP contribution is 2.25. The van der Waals surface area contributed by atoms with Crippen molar-refractivity contribution in [3.63, 3.8) is 0 Å². The predicted molar refractivity (Wildman–Crippen MR) is 68.7 cm³/mol. The second-order valence-electron chi connectivity index (χ2n) is 4.29.